The van der Waals surface area contributed by atoms with Crippen molar-refractivity contribution in [3.8, 4) is 5.75 Å². The monoisotopic (exact) mass is 305 g/mol. The van der Waals surface area contributed by atoms with Gasteiger partial charge >= 0.3 is 0 Å². The summed E-state index contributed by atoms with van der Waals surface area (Å²) in [5, 5.41) is 3.18. The van der Waals surface area contributed by atoms with E-state index in [-0.39, 0.29) is 5.91 Å². The first-order chi connectivity index (χ1) is 10.1. The molecule has 0 radical (unpaired) electrons. The molecule has 0 aliphatic rings. The Morgan fingerprint density at radius 1 is 1.38 bits per heavy atom. The van der Waals surface area contributed by atoms with Gasteiger partial charge in [-0.2, -0.15) is 0 Å². The van der Waals surface area contributed by atoms with Gasteiger partial charge in [-0.25, -0.2) is 4.98 Å². The summed E-state index contributed by atoms with van der Waals surface area (Å²) >= 11 is 5.74. The second-order valence-electron chi connectivity index (χ2n) is 4.42. The van der Waals surface area contributed by atoms with E-state index in [1.807, 2.05) is 6.92 Å². The van der Waals surface area contributed by atoms with Gasteiger partial charge in [0.2, 0.25) is 0 Å². The largest absolute Gasteiger partial charge is 0.491 e. The first-order valence-electron chi connectivity index (χ1n) is 6.55. The number of pyridine rings is 1. The van der Waals surface area contributed by atoms with Crippen molar-refractivity contribution >= 4 is 29.0 Å². The maximum atomic E-state index is 12.1. The molecule has 0 bridgehead atoms. The van der Waals surface area contributed by atoms with E-state index in [1.165, 1.54) is 6.20 Å². The molecule has 3 N–H and O–H groups in total. The minimum Gasteiger partial charge on any atom is -0.491 e. The highest BCUT2D eigenvalue weighted by Gasteiger charge is 2.09. The molecule has 1 aromatic heterocycles. The van der Waals surface area contributed by atoms with Crippen LogP contribution in [0.2, 0.25) is 5.02 Å². The van der Waals surface area contributed by atoms with Crippen LogP contribution in [0.3, 0.4) is 0 Å². The molecule has 2 aromatic rings. The van der Waals surface area contributed by atoms with E-state index in [1.54, 1.807) is 30.3 Å². The zero-order valence-corrected chi connectivity index (χ0v) is 12.4. The Morgan fingerprint density at radius 2 is 2.19 bits per heavy atom. The van der Waals surface area contributed by atoms with Gasteiger partial charge in [-0.1, -0.05) is 18.5 Å². The van der Waals surface area contributed by atoms with Crippen LogP contribution in [-0.4, -0.2) is 17.5 Å². The molecular formula is C15H16ClN3O2. The van der Waals surface area contributed by atoms with Crippen molar-refractivity contribution < 1.29 is 9.53 Å². The second kappa shape index (κ2) is 6.95. The van der Waals surface area contributed by atoms with Crippen molar-refractivity contribution in [3.05, 3.63) is 47.1 Å². The first kappa shape index (κ1) is 15.1. The fourth-order valence-corrected chi connectivity index (χ4v) is 1.78. The number of nitrogens with two attached hydrogens (primary N) is 1. The molecule has 1 heterocycles. The Kier molecular flexibility index (Phi) is 5.00. The highest BCUT2D eigenvalue weighted by Crippen LogP contribution is 2.23. The fourth-order valence-electron chi connectivity index (χ4n) is 1.67. The maximum Gasteiger partial charge on any atom is 0.256 e. The lowest BCUT2D eigenvalue weighted by atomic mass is 10.1. The molecule has 21 heavy (non-hydrogen) atoms. The third-order valence-electron chi connectivity index (χ3n) is 2.70. The number of rotatable bonds is 5. The number of hydrogen-bond acceptors (Lipinski definition) is 4. The zero-order chi connectivity index (χ0) is 15.2. The lowest BCUT2D eigenvalue weighted by molar-refractivity contribution is 0.102. The van der Waals surface area contributed by atoms with Crippen LogP contribution in [0.15, 0.2) is 36.5 Å². The molecule has 0 atom stereocenters. The van der Waals surface area contributed by atoms with Gasteiger partial charge in [0.25, 0.3) is 5.91 Å². The smallest absolute Gasteiger partial charge is 0.256 e. The molecule has 0 spiro atoms. The predicted octanol–water partition coefficient (Wildman–Crippen LogP) is 3.36. The zero-order valence-electron chi connectivity index (χ0n) is 11.6. The number of nitrogen functional groups attached to an aromatic ring is 1. The number of nitrogens with zero attached hydrogens (tertiary/aromatic N) is 1. The molecule has 0 unspecified atom stereocenters. The number of carbonyl (C=O) groups excluding carboxylic acids is 1. The highest BCUT2D eigenvalue weighted by atomic mass is 35.5. The van der Waals surface area contributed by atoms with E-state index < -0.39 is 0 Å². The molecule has 1 aromatic carbocycles. The van der Waals surface area contributed by atoms with E-state index in [2.05, 4.69) is 10.3 Å². The van der Waals surface area contributed by atoms with Crippen molar-refractivity contribution in [2.45, 2.75) is 13.3 Å². The third kappa shape index (κ3) is 4.10. The van der Waals surface area contributed by atoms with E-state index in [0.29, 0.717) is 34.4 Å². The van der Waals surface area contributed by atoms with E-state index in [9.17, 15) is 4.79 Å². The summed E-state index contributed by atoms with van der Waals surface area (Å²) in [5.41, 5.74) is 6.74. The number of halogens is 1. The first-order valence-corrected chi connectivity index (χ1v) is 6.93. The van der Waals surface area contributed by atoms with Gasteiger partial charge < -0.3 is 15.8 Å². The summed E-state index contributed by atoms with van der Waals surface area (Å²) in [4.78, 5) is 16.1. The number of hydrogen-bond donors (Lipinski definition) is 2. The second-order valence-corrected chi connectivity index (χ2v) is 4.85. The van der Waals surface area contributed by atoms with Gasteiger partial charge in [-0.05, 0) is 36.8 Å². The van der Waals surface area contributed by atoms with Crippen LogP contribution in [0.25, 0.3) is 0 Å². The summed E-state index contributed by atoms with van der Waals surface area (Å²) in [5.74, 6) is 0.714. The number of benzene rings is 1. The average molecular weight is 306 g/mol. The number of aromatic nitrogens is 1. The van der Waals surface area contributed by atoms with E-state index >= 15 is 0 Å². The van der Waals surface area contributed by atoms with Crippen LogP contribution in [0, 0.1) is 0 Å². The van der Waals surface area contributed by atoms with E-state index in [0.717, 1.165) is 6.42 Å². The third-order valence-corrected chi connectivity index (χ3v) is 2.93. The lowest BCUT2D eigenvalue weighted by Crippen LogP contribution is -2.13. The highest BCUT2D eigenvalue weighted by molar-refractivity contribution is 6.30. The minimum absolute atomic E-state index is 0.293. The number of ether oxygens (including phenoxy) is 1. The fraction of sp³-hybridized carbons (Fsp3) is 0.200. The summed E-state index contributed by atoms with van der Waals surface area (Å²) in [7, 11) is 0. The molecule has 6 heteroatoms. The molecule has 2 rings (SSSR count). The van der Waals surface area contributed by atoms with Crippen LogP contribution in [-0.2, 0) is 0 Å². The van der Waals surface area contributed by atoms with Gasteiger partial charge in [-0.15, -0.1) is 0 Å². The SMILES string of the molecule is CCCOc1ccc(C(=O)Nc2ccc(Cl)cn2)cc1N. The lowest BCUT2D eigenvalue weighted by Gasteiger charge is -2.10. The Morgan fingerprint density at radius 3 is 2.81 bits per heavy atom. The Bertz CT molecular complexity index is 629. The topological polar surface area (TPSA) is 77.2 Å². The molecular weight excluding hydrogens is 290 g/mol. The summed E-state index contributed by atoms with van der Waals surface area (Å²) in [6.45, 7) is 2.60. The number of carbonyl (C=O) groups is 1. The van der Waals surface area contributed by atoms with Crippen molar-refractivity contribution in [1.82, 2.24) is 4.98 Å². The van der Waals surface area contributed by atoms with Gasteiger partial charge in [0.1, 0.15) is 11.6 Å². The molecule has 1 amide bonds. The van der Waals surface area contributed by atoms with Crippen molar-refractivity contribution in [3.63, 3.8) is 0 Å². The standard InChI is InChI=1S/C15H16ClN3O2/c1-2-7-21-13-5-3-10(8-12(13)17)15(20)19-14-6-4-11(16)9-18-14/h3-6,8-9H,2,7,17H2,1H3,(H,18,19,20). The quantitative estimate of drug-likeness (QED) is 0.830. The normalized spacial score (nSPS) is 10.2. The summed E-state index contributed by atoms with van der Waals surface area (Å²) in [6.07, 6.45) is 2.36. The maximum absolute atomic E-state index is 12.1. The molecule has 0 aliphatic heterocycles. The molecule has 0 saturated heterocycles. The molecule has 0 aliphatic carbocycles. The molecule has 0 fully saturated rings. The van der Waals surface area contributed by atoms with Crippen molar-refractivity contribution in [1.29, 1.82) is 0 Å². The van der Waals surface area contributed by atoms with Gasteiger partial charge in [0.15, 0.2) is 0 Å². The minimum atomic E-state index is -0.293. The van der Waals surface area contributed by atoms with Crippen LogP contribution in [0.5, 0.6) is 5.75 Å². The average Bonchev–Trinajstić information content (AvgIpc) is 2.48. The molecule has 0 saturated carbocycles. The Balaban J connectivity index is 2.08. The van der Waals surface area contributed by atoms with Crippen LogP contribution < -0.4 is 15.8 Å². The van der Waals surface area contributed by atoms with Gasteiger partial charge in [-0.3, -0.25) is 4.79 Å². The van der Waals surface area contributed by atoms with Crippen molar-refractivity contribution in [2.75, 3.05) is 17.7 Å². The van der Waals surface area contributed by atoms with Crippen LogP contribution in [0.4, 0.5) is 11.5 Å². The summed E-state index contributed by atoms with van der Waals surface area (Å²) in [6, 6.07) is 8.21. The Hall–Kier alpha value is -2.27. The number of nitrogens with one attached hydrogen (secondary N) is 1. The van der Waals surface area contributed by atoms with Crippen LogP contribution >= 0.6 is 11.6 Å². The molecule has 110 valence electrons. The van der Waals surface area contributed by atoms with E-state index in [4.69, 9.17) is 22.1 Å². The number of anilines is 2. The summed E-state index contributed by atoms with van der Waals surface area (Å²) < 4.78 is 5.47. The number of amides is 1. The van der Waals surface area contributed by atoms with Crippen molar-refractivity contribution in [2.24, 2.45) is 0 Å². The van der Waals surface area contributed by atoms with Gasteiger partial charge in [0, 0.05) is 11.8 Å². The predicted molar refractivity (Wildman–Crippen MR) is 83.8 cm³/mol. The van der Waals surface area contributed by atoms with Crippen LogP contribution in [0.1, 0.15) is 23.7 Å². The van der Waals surface area contributed by atoms with Gasteiger partial charge in [0.05, 0.1) is 17.3 Å². The Labute approximate surface area is 128 Å². The molecule has 5 nitrogen and oxygen atoms in total.